The number of benzene rings is 2. The zero-order valence-corrected chi connectivity index (χ0v) is 16.1. The Balaban J connectivity index is 1.42. The van der Waals surface area contributed by atoms with Gasteiger partial charge in [-0.3, -0.25) is 0 Å². The summed E-state index contributed by atoms with van der Waals surface area (Å²) in [7, 11) is 0. The highest BCUT2D eigenvalue weighted by Gasteiger charge is 2.34. The molecule has 4 rings (SSSR count). The van der Waals surface area contributed by atoms with Crippen LogP contribution in [0, 0.1) is 5.92 Å². The highest BCUT2D eigenvalue weighted by molar-refractivity contribution is 5.31. The van der Waals surface area contributed by atoms with Crippen LogP contribution in [0.25, 0.3) is 0 Å². The van der Waals surface area contributed by atoms with Gasteiger partial charge in [0.2, 0.25) is 0 Å². The average Bonchev–Trinajstić information content (AvgIpc) is 3.46. The third-order valence-corrected chi connectivity index (χ3v) is 5.22. The minimum Gasteiger partial charge on any atom is -0.489 e. The summed E-state index contributed by atoms with van der Waals surface area (Å²) in [5.74, 6) is 1.51. The van der Waals surface area contributed by atoms with Gasteiger partial charge in [0, 0.05) is 12.8 Å². The number of unbranched alkanes of at least 4 members (excludes halogenated alkanes) is 1. The Morgan fingerprint density at radius 2 is 1.82 bits per heavy atom. The molecule has 1 aliphatic rings. The largest absolute Gasteiger partial charge is 0.489 e. The molecule has 5 heteroatoms. The number of hydrogen-bond acceptors (Lipinski definition) is 4. The van der Waals surface area contributed by atoms with E-state index in [1.165, 1.54) is 24.0 Å². The summed E-state index contributed by atoms with van der Waals surface area (Å²) in [5, 5.41) is 17.7. The number of aliphatic hydroxyl groups excluding tert-OH is 1. The lowest BCUT2D eigenvalue weighted by Gasteiger charge is -2.17. The van der Waals surface area contributed by atoms with Gasteiger partial charge in [-0.1, -0.05) is 47.7 Å². The Morgan fingerprint density at radius 1 is 1.04 bits per heavy atom. The Bertz CT molecular complexity index is 857. The van der Waals surface area contributed by atoms with Gasteiger partial charge in [-0.25, -0.2) is 4.68 Å². The van der Waals surface area contributed by atoms with Crippen LogP contribution < -0.4 is 4.74 Å². The molecule has 1 N–H and O–H groups in total. The lowest BCUT2D eigenvalue weighted by molar-refractivity contribution is 0.284. The highest BCUT2D eigenvalue weighted by Crippen LogP contribution is 2.43. The summed E-state index contributed by atoms with van der Waals surface area (Å²) >= 11 is 0. The van der Waals surface area contributed by atoms with E-state index in [0.29, 0.717) is 12.5 Å². The van der Waals surface area contributed by atoms with Gasteiger partial charge >= 0.3 is 0 Å². The predicted octanol–water partition coefficient (Wildman–Crippen LogP) is 4.17. The first-order valence-corrected chi connectivity index (χ1v) is 10.1. The maximum Gasteiger partial charge on any atom is 0.119 e. The molecule has 146 valence electrons. The van der Waals surface area contributed by atoms with E-state index in [1.807, 2.05) is 35.0 Å². The standard InChI is InChI=1S/C23H27N3O2/c27-15-5-4-8-21-16-26(25-24-21)23(19-9-10-19)20-11-13-22(14-12-20)28-17-18-6-2-1-3-7-18/h1-3,6-7,11-14,16,19,23,27H,4-5,8-10,15,17H2. The van der Waals surface area contributed by atoms with E-state index in [2.05, 4.69) is 40.8 Å². The van der Waals surface area contributed by atoms with Crippen molar-refractivity contribution in [1.82, 2.24) is 15.0 Å². The fraction of sp³-hybridized carbons (Fsp3) is 0.391. The number of nitrogens with zero attached hydrogens (tertiary/aromatic N) is 3. The monoisotopic (exact) mass is 377 g/mol. The van der Waals surface area contributed by atoms with Crippen molar-refractivity contribution >= 4 is 0 Å². The van der Waals surface area contributed by atoms with E-state index >= 15 is 0 Å². The van der Waals surface area contributed by atoms with Crippen LogP contribution in [0.4, 0.5) is 0 Å². The molecule has 5 nitrogen and oxygen atoms in total. The number of ether oxygens (including phenoxy) is 1. The lowest BCUT2D eigenvalue weighted by atomic mass is 10.0. The van der Waals surface area contributed by atoms with Gasteiger partial charge in [0.25, 0.3) is 0 Å². The van der Waals surface area contributed by atoms with Crippen LogP contribution in [-0.4, -0.2) is 26.7 Å². The smallest absolute Gasteiger partial charge is 0.119 e. The van der Waals surface area contributed by atoms with Crippen LogP contribution >= 0.6 is 0 Å². The van der Waals surface area contributed by atoms with Crippen molar-refractivity contribution in [2.45, 2.75) is 44.8 Å². The van der Waals surface area contributed by atoms with Crippen LogP contribution in [0.2, 0.25) is 0 Å². The molecule has 0 radical (unpaired) electrons. The molecule has 0 saturated heterocycles. The molecule has 1 atom stereocenters. The van der Waals surface area contributed by atoms with Crippen molar-refractivity contribution in [3.63, 3.8) is 0 Å². The summed E-state index contributed by atoms with van der Waals surface area (Å²) in [4.78, 5) is 0. The summed E-state index contributed by atoms with van der Waals surface area (Å²) in [5.41, 5.74) is 3.42. The average molecular weight is 377 g/mol. The lowest BCUT2D eigenvalue weighted by Crippen LogP contribution is -2.13. The summed E-state index contributed by atoms with van der Waals surface area (Å²) in [6.45, 7) is 0.810. The molecule has 0 bridgehead atoms. The Kier molecular flexibility index (Phi) is 6.02. The first-order valence-electron chi connectivity index (χ1n) is 10.1. The molecule has 1 heterocycles. The number of aryl methyl sites for hydroxylation is 1. The number of aliphatic hydroxyl groups is 1. The Morgan fingerprint density at radius 3 is 2.54 bits per heavy atom. The normalized spacial score (nSPS) is 14.8. The van der Waals surface area contributed by atoms with E-state index in [9.17, 15) is 0 Å². The molecule has 3 aromatic rings. The molecule has 1 aliphatic carbocycles. The first kappa shape index (κ1) is 18.7. The van der Waals surface area contributed by atoms with E-state index in [-0.39, 0.29) is 12.6 Å². The van der Waals surface area contributed by atoms with E-state index < -0.39 is 0 Å². The molecule has 0 spiro atoms. The predicted molar refractivity (Wildman–Crippen MR) is 108 cm³/mol. The minimum absolute atomic E-state index is 0.234. The molecule has 1 aromatic heterocycles. The number of hydrogen-bond donors (Lipinski definition) is 1. The van der Waals surface area contributed by atoms with E-state index in [4.69, 9.17) is 9.84 Å². The molecule has 0 amide bonds. The molecule has 0 aliphatic heterocycles. The zero-order valence-electron chi connectivity index (χ0n) is 16.1. The van der Waals surface area contributed by atoms with Crippen molar-refractivity contribution in [3.05, 3.63) is 77.6 Å². The van der Waals surface area contributed by atoms with Gasteiger partial charge in [0.05, 0.1) is 11.7 Å². The third-order valence-electron chi connectivity index (χ3n) is 5.22. The van der Waals surface area contributed by atoms with Crippen molar-refractivity contribution < 1.29 is 9.84 Å². The molecular weight excluding hydrogens is 350 g/mol. The topological polar surface area (TPSA) is 60.2 Å². The number of aromatic nitrogens is 3. The second-order valence-electron chi connectivity index (χ2n) is 7.50. The summed E-state index contributed by atoms with van der Waals surface area (Å²) in [6.07, 6.45) is 7.15. The molecule has 28 heavy (non-hydrogen) atoms. The van der Waals surface area contributed by atoms with Gasteiger partial charge in [0.15, 0.2) is 0 Å². The van der Waals surface area contributed by atoms with Crippen LogP contribution in [-0.2, 0) is 13.0 Å². The van der Waals surface area contributed by atoms with E-state index in [1.54, 1.807) is 0 Å². The fourth-order valence-corrected chi connectivity index (χ4v) is 3.54. The van der Waals surface area contributed by atoms with Crippen LogP contribution in [0.3, 0.4) is 0 Å². The highest BCUT2D eigenvalue weighted by atomic mass is 16.5. The van der Waals surface area contributed by atoms with Crippen molar-refractivity contribution in [3.8, 4) is 5.75 Å². The van der Waals surface area contributed by atoms with Gasteiger partial charge < -0.3 is 9.84 Å². The second-order valence-corrected chi connectivity index (χ2v) is 7.50. The van der Waals surface area contributed by atoms with Crippen LogP contribution in [0.15, 0.2) is 60.8 Å². The quantitative estimate of drug-likeness (QED) is 0.539. The minimum atomic E-state index is 0.234. The third kappa shape index (κ3) is 4.78. The molecule has 1 unspecified atom stereocenters. The molecule has 1 fully saturated rings. The van der Waals surface area contributed by atoms with Crippen molar-refractivity contribution in [2.24, 2.45) is 5.92 Å². The van der Waals surface area contributed by atoms with Gasteiger partial charge in [-0.2, -0.15) is 0 Å². The molecule has 2 aromatic carbocycles. The summed E-state index contributed by atoms with van der Waals surface area (Å²) < 4.78 is 7.93. The van der Waals surface area contributed by atoms with Crippen molar-refractivity contribution in [1.29, 1.82) is 0 Å². The SMILES string of the molecule is OCCCCc1cn(C(c2ccc(OCc3ccccc3)cc2)C2CC2)nn1. The van der Waals surface area contributed by atoms with Crippen LogP contribution in [0.5, 0.6) is 5.75 Å². The molecular formula is C23H27N3O2. The first-order chi connectivity index (χ1) is 13.8. The fourth-order valence-electron chi connectivity index (χ4n) is 3.54. The number of rotatable bonds is 10. The Hall–Kier alpha value is -2.66. The van der Waals surface area contributed by atoms with Gasteiger partial charge in [-0.05, 0) is 61.3 Å². The zero-order chi connectivity index (χ0) is 19.2. The molecule has 1 saturated carbocycles. The Labute approximate surface area is 166 Å². The van der Waals surface area contributed by atoms with Crippen LogP contribution in [0.1, 0.15) is 48.5 Å². The van der Waals surface area contributed by atoms with Gasteiger partial charge in [-0.15, -0.1) is 5.10 Å². The maximum absolute atomic E-state index is 8.94. The van der Waals surface area contributed by atoms with E-state index in [0.717, 1.165) is 30.7 Å². The second kappa shape index (κ2) is 9.02. The summed E-state index contributed by atoms with van der Waals surface area (Å²) in [6, 6.07) is 18.8. The van der Waals surface area contributed by atoms with Gasteiger partial charge in [0.1, 0.15) is 12.4 Å². The van der Waals surface area contributed by atoms with Crippen molar-refractivity contribution in [2.75, 3.05) is 6.61 Å². The maximum atomic E-state index is 8.94.